The van der Waals surface area contributed by atoms with E-state index in [1.165, 1.54) is 32.1 Å². The molecule has 23 heavy (non-hydrogen) atoms. The second-order valence-corrected chi connectivity index (χ2v) is 9.87. The second kappa shape index (κ2) is 5.62. The van der Waals surface area contributed by atoms with Gasteiger partial charge in [0.15, 0.2) is 0 Å². The SMILES string of the molecule is CNCC1CCN(C(=O)C23CC4CC(C)(CC(C)(C4)C2)C3)C1.Cl. The highest BCUT2D eigenvalue weighted by atomic mass is 35.5. The molecule has 5 fully saturated rings. The number of amides is 1. The number of halogens is 1. The van der Waals surface area contributed by atoms with E-state index < -0.39 is 0 Å². The van der Waals surface area contributed by atoms with E-state index in [0.29, 0.717) is 22.7 Å². The molecule has 5 aliphatic rings. The molecule has 4 heteroatoms. The number of nitrogens with zero attached hydrogens (tertiary/aromatic N) is 1. The average molecular weight is 341 g/mol. The first kappa shape index (κ1) is 17.5. The molecule has 0 aromatic heterocycles. The zero-order chi connectivity index (χ0) is 15.6. The first-order valence-corrected chi connectivity index (χ1v) is 9.30. The number of likely N-dealkylation sites (tertiary alicyclic amines) is 1. The second-order valence-electron chi connectivity index (χ2n) is 9.87. The molecular formula is C19H33ClN2O. The molecule has 3 atom stereocenters. The third kappa shape index (κ3) is 2.82. The van der Waals surface area contributed by atoms with Crippen LogP contribution in [0.25, 0.3) is 0 Å². The van der Waals surface area contributed by atoms with Gasteiger partial charge in [-0.3, -0.25) is 4.79 Å². The molecule has 0 spiro atoms. The number of carbonyl (C=O) groups excluding carboxylic acids is 1. The van der Waals surface area contributed by atoms with Crippen molar-refractivity contribution in [3.05, 3.63) is 0 Å². The maximum Gasteiger partial charge on any atom is 0.228 e. The van der Waals surface area contributed by atoms with Gasteiger partial charge >= 0.3 is 0 Å². The molecule has 132 valence electrons. The van der Waals surface area contributed by atoms with Crippen LogP contribution in [0.2, 0.25) is 0 Å². The summed E-state index contributed by atoms with van der Waals surface area (Å²) in [5.74, 6) is 1.99. The molecule has 1 heterocycles. The molecule has 1 N–H and O–H groups in total. The summed E-state index contributed by atoms with van der Waals surface area (Å²) in [4.78, 5) is 15.7. The number of rotatable bonds is 3. The molecule has 1 aliphatic heterocycles. The highest BCUT2D eigenvalue weighted by Crippen LogP contribution is 2.69. The molecule has 1 amide bonds. The molecule has 4 bridgehead atoms. The lowest BCUT2D eigenvalue weighted by atomic mass is 9.40. The Morgan fingerprint density at radius 3 is 2.35 bits per heavy atom. The van der Waals surface area contributed by atoms with Crippen molar-refractivity contribution in [2.75, 3.05) is 26.7 Å². The summed E-state index contributed by atoms with van der Waals surface area (Å²) in [7, 11) is 2.02. The van der Waals surface area contributed by atoms with Crippen molar-refractivity contribution >= 4 is 18.3 Å². The van der Waals surface area contributed by atoms with Crippen LogP contribution in [-0.4, -0.2) is 37.5 Å². The Bertz CT molecular complexity index is 476. The summed E-state index contributed by atoms with van der Waals surface area (Å²) in [6.45, 7) is 7.95. The summed E-state index contributed by atoms with van der Waals surface area (Å²) in [5, 5.41) is 3.28. The van der Waals surface area contributed by atoms with Gasteiger partial charge in [0.1, 0.15) is 0 Å². The zero-order valence-corrected chi connectivity index (χ0v) is 15.8. The smallest absolute Gasteiger partial charge is 0.228 e. The normalized spacial score (nSPS) is 47.7. The molecule has 4 aliphatic carbocycles. The Morgan fingerprint density at radius 2 is 1.78 bits per heavy atom. The first-order valence-electron chi connectivity index (χ1n) is 9.30. The molecule has 3 unspecified atom stereocenters. The van der Waals surface area contributed by atoms with Gasteiger partial charge in [-0.25, -0.2) is 0 Å². The molecule has 0 radical (unpaired) electrons. The van der Waals surface area contributed by atoms with E-state index in [1.807, 2.05) is 7.05 Å². The first-order chi connectivity index (χ1) is 10.4. The number of hydrogen-bond acceptors (Lipinski definition) is 2. The molecule has 5 rings (SSSR count). The molecule has 1 saturated heterocycles. The maximum atomic E-state index is 13.4. The Hall–Kier alpha value is -0.280. The standard InChI is InChI=1S/C19H32N2O.ClH/c1-17-6-15-7-18(2,11-17)13-19(8-15,12-17)16(22)21-5-4-14(10-21)9-20-3;/h14-15,20H,4-13H2,1-3H3;1H. The van der Waals surface area contributed by atoms with Crippen molar-refractivity contribution in [3.8, 4) is 0 Å². The fourth-order valence-corrected chi connectivity index (χ4v) is 7.49. The minimum Gasteiger partial charge on any atom is -0.342 e. The van der Waals surface area contributed by atoms with Crippen molar-refractivity contribution in [3.63, 3.8) is 0 Å². The van der Waals surface area contributed by atoms with E-state index in [-0.39, 0.29) is 17.8 Å². The lowest BCUT2D eigenvalue weighted by Gasteiger charge is -2.65. The molecule has 4 saturated carbocycles. The quantitative estimate of drug-likeness (QED) is 0.853. The van der Waals surface area contributed by atoms with Crippen LogP contribution in [0.15, 0.2) is 0 Å². The predicted octanol–water partition coefficient (Wildman–Crippen LogP) is 3.47. The molecule has 0 aromatic rings. The number of hydrogen-bond donors (Lipinski definition) is 1. The summed E-state index contributed by atoms with van der Waals surface area (Å²) in [5.41, 5.74) is 0.874. The Morgan fingerprint density at radius 1 is 1.13 bits per heavy atom. The van der Waals surface area contributed by atoms with Crippen molar-refractivity contribution < 1.29 is 4.79 Å². The van der Waals surface area contributed by atoms with Crippen molar-refractivity contribution in [1.29, 1.82) is 0 Å². The van der Waals surface area contributed by atoms with Crippen LogP contribution in [-0.2, 0) is 4.79 Å². The maximum absolute atomic E-state index is 13.4. The third-order valence-corrected chi connectivity index (χ3v) is 7.15. The van der Waals surface area contributed by atoms with Gasteiger partial charge in [0, 0.05) is 13.1 Å². The number of nitrogens with one attached hydrogen (secondary N) is 1. The minimum absolute atomic E-state index is 0. The van der Waals surface area contributed by atoms with Gasteiger partial charge in [-0.15, -0.1) is 12.4 Å². The zero-order valence-electron chi connectivity index (χ0n) is 15.0. The van der Waals surface area contributed by atoms with E-state index in [9.17, 15) is 4.79 Å². The van der Waals surface area contributed by atoms with Gasteiger partial charge in [0.05, 0.1) is 5.41 Å². The largest absolute Gasteiger partial charge is 0.342 e. The minimum atomic E-state index is -0.00253. The Labute approximate surface area is 147 Å². The van der Waals surface area contributed by atoms with Crippen LogP contribution in [0.1, 0.15) is 58.8 Å². The fourth-order valence-electron chi connectivity index (χ4n) is 7.49. The monoisotopic (exact) mass is 340 g/mol. The van der Waals surface area contributed by atoms with Crippen molar-refractivity contribution in [1.82, 2.24) is 10.2 Å². The van der Waals surface area contributed by atoms with Crippen LogP contribution in [0.5, 0.6) is 0 Å². The lowest BCUT2D eigenvalue weighted by molar-refractivity contribution is -0.178. The average Bonchev–Trinajstić information content (AvgIpc) is 2.82. The van der Waals surface area contributed by atoms with E-state index >= 15 is 0 Å². The Balaban J connectivity index is 0.00000156. The third-order valence-electron chi connectivity index (χ3n) is 7.15. The van der Waals surface area contributed by atoms with Gasteiger partial charge < -0.3 is 10.2 Å². The van der Waals surface area contributed by atoms with E-state index in [2.05, 4.69) is 24.1 Å². The highest BCUT2D eigenvalue weighted by Gasteiger charge is 2.63. The topological polar surface area (TPSA) is 32.3 Å². The molecule has 0 aromatic carbocycles. The van der Waals surface area contributed by atoms with Crippen LogP contribution in [0.4, 0.5) is 0 Å². The fraction of sp³-hybridized carbons (Fsp3) is 0.947. The van der Waals surface area contributed by atoms with Crippen LogP contribution in [0, 0.1) is 28.1 Å². The van der Waals surface area contributed by atoms with Crippen molar-refractivity contribution in [2.24, 2.45) is 28.1 Å². The van der Waals surface area contributed by atoms with Gasteiger partial charge in [0.2, 0.25) is 5.91 Å². The predicted molar refractivity (Wildman–Crippen MR) is 95.7 cm³/mol. The van der Waals surface area contributed by atoms with Gasteiger partial charge in [0.25, 0.3) is 0 Å². The van der Waals surface area contributed by atoms with Gasteiger partial charge in [-0.05, 0) is 81.2 Å². The van der Waals surface area contributed by atoms with Crippen LogP contribution in [0.3, 0.4) is 0 Å². The van der Waals surface area contributed by atoms with Crippen LogP contribution < -0.4 is 5.32 Å². The highest BCUT2D eigenvalue weighted by molar-refractivity contribution is 5.85. The summed E-state index contributed by atoms with van der Waals surface area (Å²) in [6.07, 6.45) is 8.80. The van der Waals surface area contributed by atoms with Crippen molar-refractivity contribution in [2.45, 2.75) is 58.8 Å². The number of carbonyl (C=O) groups is 1. The molecular weight excluding hydrogens is 308 g/mol. The van der Waals surface area contributed by atoms with E-state index in [1.54, 1.807) is 0 Å². The Kier molecular flexibility index (Phi) is 4.29. The van der Waals surface area contributed by atoms with Gasteiger partial charge in [-0.1, -0.05) is 13.8 Å². The summed E-state index contributed by atoms with van der Waals surface area (Å²) in [6, 6.07) is 0. The van der Waals surface area contributed by atoms with Crippen LogP contribution >= 0.6 is 12.4 Å². The van der Waals surface area contributed by atoms with Gasteiger partial charge in [-0.2, -0.15) is 0 Å². The van der Waals surface area contributed by atoms with E-state index in [4.69, 9.17) is 0 Å². The summed E-state index contributed by atoms with van der Waals surface area (Å²) < 4.78 is 0. The van der Waals surface area contributed by atoms with E-state index in [0.717, 1.165) is 38.4 Å². The summed E-state index contributed by atoms with van der Waals surface area (Å²) >= 11 is 0. The molecule has 3 nitrogen and oxygen atoms in total. The lowest BCUT2D eigenvalue weighted by Crippen LogP contribution is -2.60.